The molecule has 0 saturated heterocycles. The predicted molar refractivity (Wildman–Crippen MR) is 113 cm³/mol. The van der Waals surface area contributed by atoms with Gasteiger partial charge in [-0.3, -0.25) is 4.68 Å². The van der Waals surface area contributed by atoms with Gasteiger partial charge in [0.05, 0.1) is 13.7 Å². The highest BCUT2D eigenvalue weighted by atomic mass is 127. The summed E-state index contributed by atoms with van der Waals surface area (Å²) < 4.78 is 59.1. The Morgan fingerprint density at radius 2 is 2.03 bits per heavy atom. The number of halogens is 5. The van der Waals surface area contributed by atoms with Crippen molar-refractivity contribution < 1.29 is 22.3 Å². The van der Waals surface area contributed by atoms with E-state index in [1.54, 1.807) is 18.0 Å². The molecule has 1 N–H and O–H groups in total. The van der Waals surface area contributed by atoms with Gasteiger partial charge in [-0.2, -0.15) is 18.3 Å². The minimum absolute atomic E-state index is 0. The molecule has 0 aliphatic rings. The van der Waals surface area contributed by atoms with Crippen molar-refractivity contribution in [2.75, 3.05) is 20.7 Å². The number of nitrogens with one attached hydrogen (secondary N) is 1. The van der Waals surface area contributed by atoms with E-state index < -0.39 is 17.7 Å². The highest BCUT2D eigenvalue weighted by Crippen LogP contribution is 2.30. The minimum Gasteiger partial charge on any atom is -0.494 e. The van der Waals surface area contributed by atoms with Crippen LogP contribution >= 0.6 is 24.0 Å². The first-order chi connectivity index (χ1) is 13.2. The van der Waals surface area contributed by atoms with E-state index in [1.807, 2.05) is 6.92 Å². The maximum atomic E-state index is 13.9. The van der Waals surface area contributed by atoms with Crippen LogP contribution in [0.25, 0.3) is 0 Å². The van der Waals surface area contributed by atoms with E-state index >= 15 is 0 Å². The second kappa shape index (κ2) is 10.6. The molecule has 0 atom stereocenters. The van der Waals surface area contributed by atoms with Crippen LogP contribution in [0.4, 0.5) is 17.6 Å². The summed E-state index contributed by atoms with van der Waals surface area (Å²) in [5, 5.41) is 6.50. The zero-order chi connectivity index (χ0) is 20.9. The van der Waals surface area contributed by atoms with Crippen molar-refractivity contribution in [3.63, 3.8) is 0 Å². The number of benzene rings is 1. The molecule has 1 aromatic carbocycles. The Hall–Kier alpha value is -2.05. The molecule has 6 nitrogen and oxygen atoms in total. The number of rotatable bonds is 6. The first kappa shape index (κ1) is 25.0. The van der Waals surface area contributed by atoms with Gasteiger partial charge in [-0.1, -0.05) is 6.07 Å². The second-order valence-corrected chi connectivity index (χ2v) is 6.17. The Labute approximate surface area is 184 Å². The molecule has 0 fully saturated rings. The van der Waals surface area contributed by atoms with E-state index in [0.29, 0.717) is 24.6 Å². The molecule has 0 radical (unpaired) electrons. The maximum Gasteiger partial charge on any atom is 0.435 e. The Bertz CT molecular complexity index is 838. The number of guanidine groups is 1. The lowest BCUT2D eigenvalue weighted by Crippen LogP contribution is -2.38. The van der Waals surface area contributed by atoms with E-state index in [1.165, 1.54) is 32.5 Å². The van der Waals surface area contributed by atoms with Crippen molar-refractivity contribution in [1.82, 2.24) is 20.0 Å². The molecule has 11 heteroatoms. The van der Waals surface area contributed by atoms with Crippen molar-refractivity contribution in [2.24, 2.45) is 12.0 Å². The molecule has 162 valence electrons. The summed E-state index contributed by atoms with van der Waals surface area (Å²) in [5.41, 5.74) is -0.299. The van der Waals surface area contributed by atoms with Gasteiger partial charge in [0, 0.05) is 38.9 Å². The molecule has 2 rings (SSSR count). The van der Waals surface area contributed by atoms with Crippen molar-refractivity contribution in [1.29, 1.82) is 0 Å². The van der Waals surface area contributed by atoms with Gasteiger partial charge in [0.2, 0.25) is 0 Å². The molecule has 0 bridgehead atoms. The zero-order valence-electron chi connectivity index (χ0n) is 16.5. The molecule has 0 aliphatic carbocycles. The number of ether oxygens (including phenoxy) is 1. The summed E-state index contributed by atoms with van der Waals surface area (Å²) in [6.07, 6.45) is -3.24. The number of hydrogen-bond donors (Lipinski definition) is 1. The largest absolute Gasteiger partial charge is 0.494 e. The SMILES string of the molecule is CCNC(=NCc1cn(C)nc1C(F)(F)F)N(C)Cc1ccc(OC)c(F)c1.I. The molecule has 0 saturated carbocycles. The highest BCUT2D eigenvalue weighted by molar-refractivity contribution is 14.0. The van der Waals surface area contributed by atoms with Crippen LogP contribution in [0.3, 0.4) is 0 Å². The third-order valence-corrected chi connectivity index (χ3v) is 3.90. The Balaban J connectivity index is 0.00000420. The lowest BCUT2D eigenvalue weighted by Gasteiger charge is -2.22. The third-order valence-electron chi connectivity index (χ3n) is 3.90. The third kappa shape index (κ3) is 6.75. The lowest BCUT2D eigenvalue weighted by molar-refractivity contribution is -0.142. The summed E-state index contributed by atoms with van der Waals surface area (Å²) in [6, 6.07) is 4.58. The topological polar surface area (TPSA) is 54.7 Å². The highest BCUT2D eigenvalue weighted by Gasteiger charge is 2.36. The normalized spacial score (nSPS) is 11.8. The number of aryl methyl sites for hydroxylation is 1. The predicted octanol–water partition coefficient (Wildman–Crippen LogP) is 3.80. The number of aromatic nitrogens is 2. The summed E-state index contributed by atoms with van der Waals surface area (Å²) in [7, 11) is 4.53. The van der Waals surface area contributed by atoms with E-state index in [9.17, 15) is 17.6 Å². The molecule has 0 unspecified atom stereocenters. The summed E-state index contributed by atoms with van der Waals surface area (Å²) >= 11 is 0. The van der Waals surface area contributed by atoms with E-state index in [-0.39, 0.29) is 41.8 Å². The fourth-order valence-corrected chi connectivity index (χ4v) is 2.68. The number of hydrogen-bond acceptors (Lipinski definition) is 3. The molecule has 0 amide bonds. The molecule has 0 aliphatic heterocycles. The first-order valence-electron chi connectivity index (χ1n) is 8.57. The van der Waals surface area contributed by atoms with Crippen LogP contribution in [0.2, 0.25) is 0 Å². The Morgan fingerprint density at radius 3 is 2.59 bits per heavy atom. The van der Waals surface area contributed by atoms with Crippen LogP contribution in [0.1, 0.15) is 23.7 Å². The van der Waals surface area contributed by atoms with Crippen molar-refractivity contribution in [3.05, 3.63) is 47.0 Å². The van der Waals surface area contributed by atoms with Gasteiger partial charge in [0.1, 0.15) is 0 Å². The van der Waals surface area contributed by atoms with Crippen LogP contribution in [-0.4, -0.2) is 41.3 Å². The fourth-order valence-electron chi connectivity index (χ4n) is 2.68. The van der Waals surface area contributed by atoms with Gasteiger partial charge in [0.25, 0.3) is 0 Å². The van der Waals surface area contributed by atoms with Crippen LogP contribution in [-0.2, 0) is 26.3 Å². The van der Waals surface area contributed by atoms with E-state index in [4.69, 9.17) is 4.74 Å². The van der Waals surface area contributed by atoms with Gasteiger partial charge in [-0.15, -0.1) is 24.0 Å². The first-order valence-corrected chi connectivity index (χ1v) is 8.57. The summed E-state index contributed by atoms with van der Waals surface area (Å²) in [4.78, 5) is 5.99. The number of aliphatic imine (C=N–C) groups is 1. The molecule has 2 aromatic rings. The number of nitrogens with zero attached hydrogens (tertiary/aromatic N) is 4. The summed E-state index contributed by atoms with van der Waals surface area (Å²) in [6.45, 7) is 2.50. The molecule has 0 spiro atoms. The monoisotopic (exact) mass is 529 g/mol. The smallest absolute Gasteiger partial charge is 0.435 e. The maximum absolute atomic E-state index is 13.9. The molecular formula is C18H24F4IN5O. The number of alkyl halides is 3. The van der Waals surface area contributed by atoms with Gasteiger partial charge >= 0.3 is 6.18 Å². The van der Waals surface area contributed by atoms with Gasteiger partial charge in [0.15, 0.2) is 23.2 Å². The second-order valence-electron chi connectivity index (χ2n) is 6.17. The van der Waals surface area contributed by atoms with Crippen LogP contribution in [0.15, 0.2) is 29.4 Å². The Kier molecular flexibility index (Phi) is 9.17. The molecular weight excluding hydrogens is 505 g/mol. The Morgan fingerprint density at radius 1 is 1.34 bits per heavy atom. The zero-order valence-corrected chi connectivity index (χ0v) is 18.9. The average Bonchev–Trinajstić information content (AvgIpc) is 3.00. The fraction of sp³-hybridized carbons (Fsp3) is 0.444. The standard InChI is InChI=1S/C18H23F4N5O.HI/c1-5-23-17(24-9-13-11-27(3)25-16(13)18(20,21)22)26(2)10-12-6-7-15(28-4)14(19)8-12;/h6-8,11H,5,9-10H2,1-4H3,(H,23,24);1H. The lowest BCUT2D eigenvalue weighted by atomic mass is 10.2. The van der Waals surface area contributed by atoms with Gasteiger partial charge in [-0.05, 0) is 24.6 Å². The quantitative estimate of drug-likeness (QED) is 0.268. The van der Waals surface area contributed by atoms with E-state index in [2.05, 4.69) is 15.4 Å². The van der Waals surface area contributed by atoms with Crippen LogP contribution in [0, 0.1) is 5.82 Å². The van der Waals surface area contributed by atoms with Crippen LogP contribution in [0.5, 0.6) is 5.75 Å². The molecule has 1 heterocycles. The molecule has 29 heavy (non-hydrogen) atoms. The van der Waals surface area contributed by atoms with E-state index in [0.717, 1.165) is 4.68 Å². The number of methoxy groups -OCH3 is 1. The van der Waals surface area contributed by atoms with Crippen molar-refractivity contribution in [2.45, 2.75) is 26.2 Å². The van der Waals surface area contributed by atoms with Gasteiger partial charge in [-0.25, -0.2) is 9.38 Å². The minimum atomic E-state index is -4.54. The summed E-state index contributed by atoms with van der Waals surface area (Å²) in [5.74, 6) is 0.0551. The van der Waals surface area contributed by atoms with Gasteiger partial charge < -0.3 is 15.0 Å². The van der Waals surface area contributed by atoms with Crippen LogP contribution < -0.4 is 10.1 Å². The molecule has 1 aromatic heterocycles. The van der Waals surface area contributed by atoms with Crippen molar-refractivity contribution >= 4 is 29.9 Å². The van der Waals surface area contributed by atoms with Crippen molar-refractivity contribution in [3.8, 4) is 5.75 Å². The average molecular weight is 529 g/mol.